The van der Waals surface area contributed by atoms with E-state index in [2.05, 4.69) is 9.88 Å². The van der Waals surface area contributed by atoms with Crippen LogP contribution in [0.2, 0.25) is 0 Å². The number of aromatic amines is 1. The number of piperidine rings is 1. The van der Waals surface area contributed by atoms with Crippen molar-refractivity contribution in [1.29, 1.82) is 0 Å². The van der Waals surface area contributed by atoms with Gasteiger partial charge in [-0.1, -0.05) is 0 Å². The van der Waals surface area contributed by atoms with E-state index in [1.165, 1.54) is 0 Å². The molecule has 0 unspecified atom stereocenters. The molecule has 2 N–H and O–H groups in total. The van der Waals surface area contributed by atoms with E-state index in [1.807, 2.05) is 43.3 Å². The van der Waals surface area contributed by atoms with Crippen LogP contribution in [0.15, 0.2) is 24.3 Å². The summed E-state index contributed by atoms with van der Waals surface area (Å²) in [6.45, 7) is 1.25. The summed E-state index contributed by atoms with van der Waals surface area (Å²) < 4.78 is 5.24. The lowest BCUT2D eigenvalue weighted by Crippen LogP contribution is -2.50. The highest BCUT2D eigenvalue weighted by Crippen LogP contribution is 2.27. The van der Waals surface area contributed by atoms with Crippen LogP contribution in [0, 0.1) is 5.92 Å². The SMILES string of the molecule is COc1ccc2[nH]c(C(=O)N3CC[C@H](N(C)C)[C@H](CCC(=O)O)C3)cc2c1. The number of methoxy groups -OCH3 is 1. The van der Waals surface area contributed by atoms with Crippen molar-refractivity contribution in [3.63, 3.8) is 0 Å². The van der Waals surface area contributed by atoms with E-state index in [1.54, 1.807) is 7.11 Å². The molecule has 1 aliphatic heterocycles. The van der Waals surface area contributed by atoms with E-state index in [9.17, 15) is 9.59 Å². The molecule has 146 valence electrons. The molecule has 0 bridgehead atoms. The number of carbonyl (C=O) groups is 2. The van der Waals surface area contributed by atoms with Gasteiger partial charge in [-0.25, -0.2) is 0 Å². The number of nitrogens with zero attached hydrogens (tertiary/aromatic N) is 2. The fourth-order valence-electron chi connectivity index (χ4n) is 4.00. The van der Waals surface area contributed by atoms with E-state index in [0.29, 0.717) is 31.2 Å². The number of likely N-dealkylation sites (tertiary alicyclic amines) is 1. The van der Waals surface area contributed by atoms with Crippen molar-refractivity contribution in [1.82, 2.24) is 14.8 Å². The van der Waals surface area contributed by atoms with Gasteiger partial charge in [-0.15, -0.1) is 0 Å². The lowest BCUT2D eigenvalue weighted by atomic mass is 9.87. The van der Waals surface area contributed by atoms with Crippen LogP contribution in [0.1, 0.15) is 29.8 Å². The Morgan fingerprint density at radius 3 is 2.78 bits per heavy atom. The molecular formula is C20H27N3O4. The standard InChI is InChI=1S/C20H27N3O4/c1-22(2)18-8-9-23(12-13(18)4-7-19(24)25)20(26)17-11-14-10-15(27-3)5-6-16(14)21-17/h5-6,10-11,13,18,21H,4,7-9,12H2,1-3H3,(H,24,25)/t13-,18+/m1/s1. The highest BCUT2D eigenvalue weighted by Gasteiger charge is 2.33. The first-order valence-electron chi connectivity index (χ1n) is 9.23. The van der Waals surface area contributed by atoms with Gasteiger partial charge in [-0.3, -0.25) is 9.59 Å². The maximum Gasteiger partial charge on any atom is 0.303 e. The first kappa shape index (κ1) is 19.2. The molecule has 3 rings (SSSR count). The van der Waals surface area contributed by atoms with Gasteiger partial charge in [-0.2, -0.15) is 0 Å². The van der Waals surface area contributed by atoms with Gasteiger partial charge >= 0.3 is 5.97 Å². The van der Waals surface area contributed by atoms with E-state index in [0.717, 1.165) is 23.1 Å². The number of hydrogen-bond donors (Lipinski definition) is 2. The first-order chi connectivity index (χ1) is 12.9. The second-order valence-electron chi connectivity index (χ2n) is 7.40. The summed E-state index contributed by atoms with van der Waals surface area (Å²) in [5.41, 5.74) is 1.45. The lowest BCUT2D eigenvalue weighted by molar-refractivity contribution is -0.137. The summed E-state index contributed by atoms with van der Waals surface area (Å²) in [4.78, 5) is 31.2. The van der Waals surface area contributed by atoms with Crippen molar-refractivity contribution in [2.75, 3.05) is 34.3 Å². The Bertz CT molecular complexity index is 830. The van der Waals surface area contributed by atoms with E-state index in [-0.39, 0.29) is 18.2 Å². The number of aliphatic carboxylic acids is 1. The van der Waals surface area contributed by atoms with Gasteiger partial charge in [-0.05, 0) is 57.1 Å². The van der Waals surface area contributed by atoms with Gasteiger partial charge < -0.3 is 24.6 Å². The molecule has 0 radical (unpaired) electrons. The minimum atomic E-state index is -0.791. The van der Waals surface area contributed by atoms with E-state index in [4.69, 9.17) is 9.84 Å². The second kappa shape index (κ2) is 8.00. The van der Waals surface area contributed by atoms with Crippen LogP contribution in [0.3, 0.4) is 0 Å². The fourth-order valence-corrected chi connectivity index (χ4v) is 4.00. The van der Waals surface area contributed by atoms with Crippen molar-refractivity contribution in [3.05, 3.63) is 30.0 Å². The number of carboxylic acids is 1. The van der Waals surface area contributed by atoms with Crippen molar-refractivity contribution in [2.45, 2.75) is 25.3 Å². The zero-order valence-corrected chi connectivity index (χ0v) is 16.1. The Hall–Kier alpha value is -2.54. The van der Waals surface area contributed by atoms with Crippen molar-refractivity contribution >= 4 is 22.8 Å². The van der Waals surface area contributed by atoms with Crippen LogP contribution in [0.25, 0.3) is 10.9 Å². The zero-order chi connectivity index (χ0) is 19.6. The molecule has 0 aliphatic carbocycles. The van der Waals surface area contributed by atoms with Gasteiger partial charge in [0.25, 0.3) is 5.91 Å². The van der Waals surface area contributed by atoms with Crippen LogP contribution in [-0.2, 0) is 4.79 Å². The fraction of sp³-hybridized carbons (Fsp3) is 0.500. The predicted octanol–water partition coefficient (Wildman–Crippen LogP) is 2.43. The Kier molecular flexibility index (Phi) is 5.70. The van der Waals surface area contributed by atoms with Crippen molar-refractivity contribution in [2.24, 2.45) is 5.92 Å². The third kappa shape index (κ3) is 4.24. The normalized spacial score (nSPS) is 20.2. The first-order valence-corrected chi connectivity index (χ1v) is 9.23. The average molecular weight is 373 g/mol. The van der Waals surface area contributed by atoms with Gasteiger partial charge in [0.05, 0.1) is 7.11 Å². The van der Waals surface area contributed by atoms with Gasteiger partial charge in [0.1, 0.15) is 11.4 Å². The molecule has 1 aliphatic rings. The minimum absolute atomic E-state index is 0.0392. The number of aromatic nitrogens is 1. The Morgan fingerprint density at radius 2 is 2.11 bits per heavy atom. The summed E-state index contributed by atoms with van der Waals surface area (Å²) in [5, 5.41) is 9.97. The molecule has 2 heterocycles. The smallest absolute Gasteiger partial charge is 0.303 e. The number of benzene rings is 1. The molecule has 1 saturated heterocycles. The number of hydrogen-bond acceptors (Lipinski definition) is 4. The quantitative estimate of drug-likeness (QED) is 0.812. The maximum atomic E-state index is 13.0. The lowest BCUT2D eigenvalue weighted by Gasteiger charge is -2.41. The van der Waals surface area contributed by atoms with E-state index < -0.39 is 5.97 Å². The number of amides is 1. The van der Waals surface area contributed by atoms with Gasteiger partial charge in [0.15, 0.2) is 0 Å². The number of ether oxygens (including phenoxy) is 1. The Morgan fingerprint density at radius 1 is 1.33 bits per heavy atom. The van der Waals surface area contributed by atoms with Crippen LogP contribution in [0.4, 0.5) is 0 Å². The van der Waals surface area contributed by atoms with Gasteiger partial charge in [0, 0.05) is 36.5 Å². The molecular weight excluding hydrogens is 346 g/mol. The predicted molar refractivity (Wildman–Crippen MR) is 103 cm³/mol. The summed E-state index contributed by atoms with van der Waals surface area (Å²) in [6, 6.07) is 7.80. The monoisotopic (exact) mass is 373 g/mol. The summed E-state index contributed by atoms with van der Waals surface area (Å²) in [5.74, 6) is 0.0718. The third-order valence-corrected chi connectivity index (χ3v) is 5.43. The third-order valence-electron chi connectivity index (χ3n) is 5.43. The largest absolute Gasteiger partial charge is 0.497 e. The molecule has 7 heteroatoms. The zero-order valence-electron chi connectivity index (χ0n) is 16.1. The number of carboxylic acid groups (broad SMARTS) is 1. The number of nitrogens with one attached hydrogen (secondary N) is 1. The molecule has 2 atom stereocenters. The van der Waals surface area contributed by atoms with Crippen LogP contribution < -0.4 is 4.74 Å². The molecule has 1 fully saturated rings. The van der Waals surface area contributed by atoms with Crippen LogP contribution in [-0.4, -0.2) is 72.1 Å². The van der Waals surface area contributed by atoms with E-state index >= 15 is 0 Å². The number of carbonyl (C=O) groups excluding carboxylic acids is 1. The average Bonchev–Trinajstić information content (AvgIpc) is 3.08. The van der Waals surface area contributed by atoms with Crippen LogP contribution in [0.5, 0.6) is 5.75 Å². The number of rotatable bonds is 6. The molecule has 1 aromatic heterocycles. The molecule has 7 nitrogen and oxygen atoms in total. The van der Waals surface area contributed by atoms with Gasteiger partial charge in [0.2, 0.25) is 0 Å². The Labute approximate surface area is 158 Å². The highest BCUT2D eigenvalue weighted by atomic mass is 16.5. The molecule has 1 amide bonds. The molecule has 0 saturated carbocycles. The highest BCUT2D eigenvalue weighted by molar-refractivity contribution is 5.98. The van der Waals surface area contributed by atoms with Crippen LogP contribution >= 0.6 is 0 Å². The maximum absolute atomic E-state index is 13.0. The Balaban J connectivity index is 1.76. The molecule has 0 spiro atoms. The summed E-state index contributed by atoms with van der Waals surface area (Å²) >= 11 is 0. The second-order valence-corrected chi connectivity index (χ2v) is 7.40. The topological polar surface area (TPSA) is 85.9 Å². The number of H-pyrrole nitrogens is 1. The summed E-state index contributed by atoms with van der Waals surface area (Å²) in [6.07, 6.45) is 1.55. The molecule has 1 aromatic carbocycles. The minimum Gasteiger partial charge on any atom is -0.497 e. The molecule has 27 heavy (non-hydrogen) atoms. The summed E-state index contributed by atoms with van der Waals surface area (Å²) in [7, 11) is 5.65. The van der Waals surface area contributed by atoms with Crippen molar-refractivity contribution < 1.29 is 19.4 Å². The van der Waals surface area contributed by atoms with Crippen molar-refractivity contribution in [3.8, 4) is 5.75 Å². The number of fused-ring (bicyclic) bond motifs is 1. The molecule has 2 aromatic rings.